The maximum Gasteiger partial charge on any atom is 0.0639 e. The molecule has 2 nitrogen and oxygen atoms in total. The molecular formula is C12H23NO. The molecule has 0 aromatic heterocycles. The number of hydrogen-bond acceptors (Lipinski definition) is 2. The molecule has 0 amide bonds. The first kappa shape index (κ1) is 10.4. The monoisotopic (exact) mass is 197 g/mol. The Hall–Kier alpha value is -0.0800. The van der Waals surface area contributed by atoms with E-state index in [0.717, 1.165) is 18.5 Å². The minimum absolute atomic E-state index is 0.157. The molecule has 2 aliphatic rings. The third kappa shape index (κ3) is 2.29. The van der Waals surface area contributed by atoms with E-state index in [4.69, 9.17) is 0 Å². The lowest BCUT2D eigenvalue weighted by atomic mass is 9.78. The standard InChI is InChI=1S/C12H23NO/c1-10(14)9-13-8-4-6-11-5-2-3-7-12(11)13/h10-12,14H,2-9H2,1H3/t10-,11+,12+/m0/s1. The fraction of sp³-hybridized carbons (Fsp3) is 1.00. The third-order valence-electron chi connectivity index (χ3n) is 3.86. The van der Waals surface area contributed by atoms with Crippen LogP contribution < -0.4 is 0 Å². The number of β-amino-alcohol motifs (C(OH)–C–C–N with tert-alkyl or cyclic N) is 1. The Morgan fingerprint density at radius 2 is 1.93 bits per heavy atom. The summed E-state index contributed by atoms with van der Waals surface area (Å²) < 4.78 is 0. The average molecular weight is 197 g/mol. The summed E-state index contributed by atoms with van der Waals surface area (Å²) in [7, 11) is 0. The first-order chi connectivity index (χ1) is 6.77. The van der Waals surface area contributed by atoms with Crippen LogP contribution in [-0.4, -0.2) is 35.2 Å². The highest BCUT2D eigenvalue weighted by Gasteiger charge is 2.33. The third-order valence-corrected chi connectivity index (χ3v) is 3.86. The van der Waals surface area contributed by atoms with Crippen LogP contribution in [0.4, 0.5) is 0 Å². The molecule has 0 bridgehead atoms. The van der Waals surface area contributed by atoms with Crippen LogP contribution in [0.1, 0.15) is 45.4 Å². The van der Waals surface area contributed by atoms with Crippen LogP contribution >= 0.6 is 0 Å². The average Bonchev–Trinajstić information content (AvgIpc) is 2.18. The molecule has 2 rings (SSSR count). The van der Waals surface area contributed by atoms with Gasteiger partial charge in [0.1, 0.15) is 0 Å². The van der Waals surface area contributed by atoms with E-state index in [2.05, 4.69) is 4.90 Å². The van der Waals surface area contributed by atoms with Crippen LogP contribution in [0.25, 0.3) is 0 Å². The molecule has 1 saturated heterocycles. The van der Waals surface area contributed by atoms with E-state index in [0.29, 0.717) is 0 Å². The number of likely N-dealkylation sites (tertiary alicyclic amines) is 1. The van der Waals surface area contributed by atoms with Gasteiger partial charge in [-0.05, 0) is 45.1 Å². The van der Waals surface area contributed by atoms with Crippen LogP contribution in [0.15, 0.2) is 0 Å². The van der Waals surface area contributed by atoms with Gasteiger partial charge in [-0.3, -0.25) is 4.90 Å². The van der Waals surface area contributed by atoms with Gasteiger partial charge in [0.25, 0.3) is 0 Å². The van der Waals surface area contributed by atoms with Gasteiger partial charge in [0.05, 0.1) is 6.10 Å². The fourth-order valence-corrected chi connectivity index (χ4v) is 3.29. The molecule has 1 N–H and O–H groups in total. The van der Waals surface area contributed by atoms with E-state index in [1.165, 1.54) is 45.1 Å². The molecule has 14 heavy (non-hydrogen) atoms. The molecule has 0 spiro atoms. The molecule has 2 fully saturated rings. The van der Waals surface area contributed by atoms with Crippen molar-refractivity contribution in [3.8, 4) is 0 Å². The molecule has 1 aliphatic carbocycles. The molecule has 3 atom stereocenters. The van der Waals surface area contributed by atoms with Gasteiger partial charge in [0.15, 0.2) is 0 Å². The summed E-state index contributed by atoms with van der Waals surface area (Å²) in [5.74, 6) is 0.941. The normalized spacial score (nSPS) is 36.4. The molecule has 0 aromatic carbocycles. The zero-order chi connectivity index (χ0) is 9.97. The second-order valence-corrected chi connectivity index (χ2v) is 5.10. The van der Waals surface area contributed by atoms with Gasteiger partial charge >= 0.3 is 0 Å². The lowest BCUT2D eigenvalue weighted by molar-refractivity contribution is 0.0261. The van der Waals surface area contributed by atoms with Crippen molar-refractivity contribution in [1.82, 2.24) is 4.90 Å². The number of aliphatic hydroxyl groups excluding tert-OH is 1. The van der Waals surface area contributed by atoms with Gasteiger partial charge in [-0.1, -0.05) is 12.8 Å². The number of piperidine rings is 1. The lowest BCUT2D eigenvalue weighted by Crippen LogP contribution is -2.49. The van der Waals surface area contributed by atoms with Crippen molar-refractivity contribution >= 4 is 0 Å². The summed E-state index contributed by atoms with van der Waals surface area (Å²) in [4.78, 5) is 2.54. The number of fused-ring (bicyclic) bond motifs is 1. The van der Waals surface area contributed by atoms with Crippen molar-refractivity contribution in [2.45, 2.75) is 57.6 Å². The Kier molecular flexibility index (Phi) is 3.45. The molecule has 2 heteroatoms. The largest absolute Gasteiger partial charge is 0.392 e. The second-order valence-electron chi connectivity index (χ2n) is 5.10. The zero-order valence-electron chi connectivity index (χ0n) is 9.28. The van der Waals surface area contributed by atoms with E-state index in [-0.39, 0.29) is 6.10 Å². The minimum Gasteiger partial charge on any atom is -0.392 e. The number of rotatable bonds is 2. The second kappa shape index (κ2) is 4.63. The van der Waals surface area contributed by atoms with Crippen molar-refractivity contribution in [1.29, 1.82) is 0 Å². The molecule has 82 valence electrons. The summed E-state index contributed by atoms with van der Waals surface area (Å²) in [5.41, 5.74) is 0. The highest BCUT2D eigenvalue weighted by atomic mass is 16.3. The van der Waals surface area contributed by atoms with Crippen LogP contribution in [0.2, 0.25) is 0 Å². The Morgan fingerprint density at radius 3 is 2.71 bits per heavy atom. The van der Waals surface area contributed by atoms with Crippen molar-refractivity contribution in [2.75, 3.05) is 13.1 Å². The van der Waals surface area contributed by atoms with Gasteiger partial charge in [-0.2, -0.15) is 0 Å². The molecule has 0 radical (unpaired) electrons. The van der Waals surface area contributed by atoms with Crippen molar-refractivity contribution in [3.63, 3.8) is 0 Å². The van der Waals surface area contributed by atoms with E-state index >= 15 is 0 Å². The van der Waals surface area contributed by atoms with Crippen molar-refractivity contribution < 1.29 is 5.11 Å². The van der Waals surface area contributed by atoms with Crippen molar-refractivity contribution in [3.05, 3.63) is 0 Å². The molecule has 0 unspecified atom stereocenters. The number of aliphatic hydroxyl groups is 1. The molecule has 1 heterocycles. The highest BCUT2D eigenvalue weighted by Crippen LogP contribution is 2.35. The molecular weight excluding hydrogens is 174 g/mol. The maximum absolute atomic E-state index is 9.45. The van der Waals surface area contributed by atoms with Crippen LogP contribution in [0, 0.1) is 5.92 Å². The Bertz CT molecular complexity index is 179. The topological polar surface area (TPSA) is 23.5 Å². The Morgan fingerprint density at radius 1 is 1.21 bits per heavy atom. The molecule has 1 aliphatic heterocycles. The minimum atomic E-state index is -0.157. The molecule has 1 saturated carbocycles. The number of hydrogen-bond donors (Lipinski definition) is 1. The summed E-state index contributed by atoms with van der Waals surface area (Å²) in [6.07, 6.45) is 8.25. The van der Waals surface area contributed by atoms with Crippen LogP contribution in [0.5, 0.6) is 0 Å². The quantitative estimate of drug-likeness (QED) is 0.732. The van der Waals surface area contributed by atoms with Gasteiger partial charge in [0.2, 0.25) is 0 Å². The van der Waals surface area contributed by atoms with Crippen LogP contribution in [-0.2, 0) is 0 Å². The summed E-state index contributed by atoms with van der Waals surface area (Å²) >= 11 is 0. The summed E-state index contributed by atoms with van der Waals surface area (Å²) in [6, 6.07) is 0.798. The Balaban J connectivity index is 1.94. The summed E-state index contributed by atoms with van der Waals surface area (Å²) in [6.45, 7) is 4.01. The van der Waals surface area contributed by atoms with Gasteiger partial charge in [-0.15, -0.1) is 0 Å². The van der Waals surface area contributed by atoms with Gasteiger partial charge in [0, 0.05) is 12.6 Å². The highest BCUT2D eigenvalue weighted by molar-refractivity contribution is 4.87. The fourth-order valence-electron chi connectivity index (χ4n) is 3.29. The van der Waals surface area contributed by atoms with E-state index < -0.39 is 0 Å². The predicted molar refractivity (Wildman–Crippen MR) is 58.2 cm³/mol. The van der Waals surface area contributed by atoms with Crippen LogP contribution in [0.3, 0.4) is 0 Å². The lowest BCUT2D eigenvalue weighted by Gasteiger charge is -2.44. The van der Waals surface area contributed by atoms with Gasteiger partial charge < -0.3 is 5.11 Å². The van der Waals surface area contributed by atoms with E-state index in [9.17, 15) is 5.11 Å². The molecule has 0 aromatic rings. The maximum atomic E-state index is 9.45. The van der Waals surface area contributed by atoms with E-state index in [1.807, 2.05) is 6.92 Å². The van der Waals surface area contributed by atoms with Gasteiger partial charge in [-0.25, -0.2) is 0 Å². The first-order valence-electron chi connectivity index (χ1n) is 6.19. The summed E-state index contributed by atoms with van der Waals surface area (Å²) in [5, 5.41) is 9.45. The predicted octanol–water partition coefficient (Wildman–Crippen LogP) is 2.02. The zero-order valence-corrected chi connectivity index (χ0v) is 9.28. The number of nitrogens with zero attached hydrogens (tertiary/aromatic N) is 1. The first-order valence-corrected chi connectivity index (χ1v) is 6.19. The van der Waals surface area contributed by atoms with E-state index in [1.54, 1.807) is 0 Å². The van der Waals surface area contributed by atoms with Crippen molar-refractivity contribution in [2.24, 2.45) is 5.92 Å². The smallest absolute Gasteiger partial charge is 0.0639 e. The SMILES string of the molecule is C[C@H](O)CN1CCC[C@H]2CCCC[C@H]21. The Labute approximate surface area is 87.3 Å².